The summed E-state index contributed by atoms with van der Waals surface area (Å²) in [4.78, 5) is 12.6. The first-order valence-electron chi connectivity index (χ1n) is 9.18. The minimum Gasteiger partial charge on any atom is -0.495 e. The van der Waals surface area contributed by atoms with Crippen LogP contribution in [0.5, 0.6) is 5.75 Å². The first kappa shape index (κ1) is 21.5. The predicted molar refractivity (Wildman–Crippen MR) is 115 cm³/mol. The molecule has 9 heteroatoms. The van der Waals surface area contributed by atoms with Crippen LogP contribution in [0.1, 0.15) is 21.6 Å². The van der Waals surface area contributed by atoms with Crippen molar-refractivity contribution in [1.82, 2.24) is 14.5 Å². The molecule has 0 aliphatic rings. The number of benzene rings is 2. The largest absolute Gasteiger partial charge is 0.495 e. The molecule has 0 aliphatic heterocycles. The average molecular weight is 429 g/mol. The molecule has 30 heavy (non-hydrogen) atoms. The highest BCUT2D eigenvalue weighted by atomic mass is 32.2. The van der Waals surface area contributed by atoms with Gasteiger partial charge < -0.3 is 10.1 Å². The lowest BCUT2D eigenvalue weighted by atomic mass is 10.1. The van der Waals surface area contributed by atoms with Crippen LogP contribution in [0, 0.1) is 13.8 Å². The quantitative estimate of drug-likeness (QED) is 0.627. The maximum Gasteiger partial charge on any atom is 0.273 e. The number of rotatable bonds is 6. The van der Waals surface area contributed by atoms with Crippen LogP contribution >= 0.6 is 0 Å². The van der Waals surface area contributed by atoms with E-state index in [4.69, 9.17) is 4.74 Å². The van der Waals surface area contributed by atoms with Crippen molar-refractivity contribution in [3.63, 3.8) is 0 Å². The molecule has 0 radical (unpaired) electrons. The number of nitrogens with zero attached hydrogens (tertiary/aromatic N) is 2. The number of H-pyrrole nitrogens is 1. The summed E-state index contributed by atoms with van der Waals surface area (Å²) in [7, 11) is 0.592. The molecule has 2 N–H and O–H groups in total. The molecule has 0 atom stereocenters. The highest BCUT2D eigenvalue weighted by molar-refractivity contribution is 7.89. The smallest absolute Gasteiger partial charge is 0.273 e. The molecule has 158 valence electrons. The van der Waals surface area contributed by atoms with Gasteiger partial charge in [-0.15, -0.1) is 0 Å². The Morgan fingerprint density at radius 1 is 1.07 bits per heavy atom. The Labute approximate surface area is 175 Å². The Balaban J connectivity index is 1.90. The third kappa shape index (κ3) is 4.22. The zero-order chi connectivity index (χ0) is 22.1. The minimum absolute atomic E-state index is 0.0247. The molecule has 3 rings (SSSR count). The van der Waals surface area contributed by atoms with E-state index < -0.39 is 10.0 Å². The van der Waals surface area contributed by atoms with Crippen LogP contribution in [0.4, 0.5) is 5.69 Å². The molecule has 8 nitrogen and oxygen atoms in total. The van der Waals surface area contributed by atoms with Gasteiger partial charge in [0, 0.05) is 25.3 Å². The van der Waals surface area contributed by atoms with E-state index in [2.05, 4.69) is 15.5 Å². The van der Waals surface area contributed by atoms with Gasteiger partial charge in [0.05, 0.1) is 12.8 Å². The van der Waals surface area contributed by atoms with Gasteiger partial charge in [0.2, 0.25) is 10.0 Å². The number of carbonyl (C=O) groups is 1. The molecule has 1 heterocycles. The number of carbonyl (C=O) groups excluding carboxylic acids is 1. The summed E-state index contributed by atoms with van der Waals surface area (Å²) >= 11 is 0. The van der Waals surface area contributed by atoms with Crippen molar-refractivity contribution in [1.29, 1.82) is 0 Å². The molecular formula is C21H24N4O4S. The molecule has 0 bridgehead atoms. The number of methoxy groups -OCH3 is 1. The van der Waals surface area contributed by atoms with Crippen molar-refractivity contribution < 1.29 is 17.9 Å². The SMILES string of the molecule is COc1ccc(-c2cc(C(=O)Nc3ccc(C)c(C)c3)[nH]n2)cc1S(=O)(=O)N(C)C. The maximum atomic E-state index is 12.6. The summed E-state index contributed by atoms with van der Waals surface area (Å²) in [6, 6.07) is 12.0. The molecule has 0 aliphatic carbocycles. The fourth-order valence-electron chi connectivity index (χ4n) is 2.84. The van der Waals surface area contributed by atoms with E-state index in [0.29, 0.717) is 16.9 Å². The summed E-state index contributed by atoms with van der Waals surface area (Å²) in [6.45, 7) is 3.98. The molecule has 0 saturated heterocycles. The number of nitrogens with one attached hydrogen (secondary N) is 2. The van der Waals surface area contributed by atoms with E-state index in [1.807, 2.05) is 32.0 Å². The van der Waals surface area contributed by atoms with Crippen LogP contribution in [0.3, 0.4) is 0 Å². The van der Waals surface area contributed by atoms with Crippen molar-refractivity contribution in [2.75, 3.05) is 26.5 Å². The van der Waals surface area contributed by atoms with Gasteiger partial charge in [0.1, 0.15) is 16.3 Å². The summed E-state index contributed by atoms with van der Waals surface area (Å²) in [5, 5.41) is 9.70. The summed E-state index contributed by atoms with van der Waals surface area (Å²) in [5.74, 6) is -0.109. The minimum atomic E-state index is -3.72. The van der Waals surface area contributed by atoms with Crippen LogP contribution in [0.15, 0.2) is 47.4 Å². The van der Waals surface area contributed by atoms with Crippen LogP contribution in [-0.2, 0) is 10.0 Å². The van der Waals surface area contributed by atoms with Gasteiger partial charge in [0.25, 0.3) is 5.91 Å². The molecule has 0 unspecified atom stereocenters. The first-order chi connectivity index (χ1) is 14.1. The summed E-state index contributed by atoms with van der Waals surface area (Å²) < 4.78 is 31.5. The number of anilines is 1. The van der Waals surface area contributed by atoms with Crippen molar-refractivity contribution in [3.8, 4) is 17.0 Å². The van der Waals surface area contributed by atoms with Crippen molar-refractivity contribution in [2.45, 2.75) is 18.7 Å². The topological polar surface area (TPSA) is 104 Å². The second-order valence-electron chi connectivity index (χ2n) is 7.07. The van der Waals surface area contributed by atoms with Crippen molar-refractivity contribution in [2.24, 2.45) is 0 Å². The lowest BCUT2D eigenvalue weighted by Crippen LogP contribution is -2.22. The third-order valence-corrected chi connectivity index (χ3v) is 6.64. The number of hydrogen-bond acceptors (Lipinski definition) is 5. The Hall–Kier alpha value is -3.17. The third-order valence-electron chi connectivity index (χ3n) is 4.81. The fraction of sp³-hybridized carbons (Fsp3) is 0.238. The average Bonchev–Trinajstić information content (AvgIpc) is 3.20. The Bertz CT molecular complexity index is 1200. The monoisotopic (exact) mass is 428 g/mol. The molecular weight excluding hydrogens is 404 g/mol. The Morgan fingerprint density at radius 3 is 2.43 bits per heavy atom. The maximum absolute atomic E-state index is 12.6. The van der Waals surface area contributed by atoms with Crippen LogP contribution < -0.4 is 10.1 Å². The fourth-order valence-corrected chi connectivity index (χ4v) is 3.91. The number of aromatic amines is 1. The number of aromatic nitrogens is 2. The summed E-state index contributed by atoms with van der Waals surface area (Å²) in [6.07, 6.45) is 0. The number of ether oxygens (including phenoxy) is 1. The zero-order valence-electron chi connectivity index (χ0n) is 17.5. The molecule has 0 saturated carbocycles. The number of aryl methyl sites for hydroxylation is 2. The van der Waals surface area contributed by atoms with Crippen LogP contribution in [0.2, 0.25) is 0 Å². The molecule has 1 aromatic heterocycles. The van der Waals surface area contributed by atoms with Gasteiger partial charge in [-0.1, -0.05) is 6.07 Å². The van der Waals surface area contributed by atoms with Gasteiger partial charge in [-0.2, -0.15) is 5.10 Å². The normalized spacial score (nSPS) is 11.5. The standard InChI is InChI=1S/C21H24N4O4S/c1-13-6-8-16(10-14(13)2)22-21(26)18-12-17(23-24-18)15-7-9-19(29-5)20(11-15)30(27,28)25(3)4/h6-12H,1-5H3,(H,22,26)(H,23,24). The highest BCUT2D eigenvalue weighted by Crippen LogP contribution is 2.31. The summed E-state index contributed by atoms with van der Waals surface area (Å²) in [5.41, 5.74) is 4.14. The van der Waals surface area contributed by atoms with Gasteiger partial charge in [0.15, 0.2) is 0 Å². The van der Waals surface area contributed by atoms with E-state index >= 15 is 0 Å². The van der Waals surface area contributed by atoms with Gasteiger partial charge in [-0.3, -0.25) is 9.89 Å². The predicted octanol–water partition coefficient (Wildman–Crippen LogP) is 3.20. The molecule has 1 amide bonds. The van der Waals surface area contributed by atoms with E-state index in [-0.39, 0.29) is 22.2 Å². The Kier molecular flexibility index (Phi) is 5.95. The first-order valence-corrected chi connectivity index (χ1v) is 10.6. The van der Waals surface area contributed by atoms with Crippen molar-refractivity contribution >= 4 is 21.6 Å². The Morgan fingerprint density at radius 2 is 1.80 bits per heavy atom. The number of sulfonamides is 1. The highest BCUT2D eigenvalue weighted by Gasteiger charge is 2.23. The van der Waals surface area contributed by atoms with Gasteiger partial charge in [-0.25, -0.2) is 12.7 Å². The molecule has 2 aromatic carbocycles. The number of hydrogen-bond donors (Lipinski definition) is 2. The lowest BCUT2D eigenvalue weighted by molar-refractivity contribution is 0.102. The lowest BCUT2D eigenvalue weighted by Gasteiger charge is -2.15. The van der Waals surface area contributed by atoms with Crippen LogP contribution in [-0.4, -0.2) is 50.0 Å². The zero-order valence-corrected chi connectivity index (χ0v) is 18.3. The van der Waals surface area contributed by atoms with Crippen molar-refractivity contribution in [3.05, 3.63) is 59.3 Å². The van der Waals surface area contributed by atoms with E-state index in [1.165, 1.54) is 27.3 Å². The molecule has 0 spiro atoms. The van der Waals surface area contributed by atoms with E-state index in [9.17, 15) is 13.2 Å². The van der Waals surface area contributed by atoms with Gasteiger partial charge >= 0.3 is 0 Å². The molecule has 0 fully saturated rings. The number of amides is 1. The van der Waals surface area contributed by atoms with E-state index in [1.54, 1.807) is 18.2 Å². The molecule has 3 aromatic rings. The second-order valence-corrected chi connectivity index (χ2v) is 9.19. The van der Waals surface area contributed by atoms with Crippen LogP contribution in [0.25, 0.3) is 11.3 Å². The van der Waals surface area contributed by atoms with Gasteiger partial charge in [-0.05, 0) is 61.4 Å². The second kappa shape index (κ2) is 8.29. The van der Waals surface area contributed by atoms with E-state index in [0.717, 1.165) is 15.4 Å².